The van der Waals surface area contributed by atoms with Gasteiger partial charge in [0.15, 0.2) is 0 Å². The summed E-state index contributed by atoms with van der Waals surface area (Å²) in [5.41, 5.74) is 0. The molecule has 0 heterocycles. The second-order valence-corrected chi connectivity index (χ2v) is 5.00. The molecule has 0 rings (SSSR count). The molecular formula is C15H32. The van der Waals surface area contributed by atoms with Crippen LogP contribution in [0.1, 0.15) is 85.5 Å². The molecule has 92 valence electrons. The third-order valence-corrected chi connectivity index (χ3v) is 3.69. The lowest BCUT2D eigenvalue weighted by Crippen LogP contribution is -2.14. The van der Waals surface area contributed by atoms with Gasteiger partial charge in [-0.25, -0.2) is 0 Å². The highest BCUT2D eigenvalue weighted by Crippen LogP contribution is 2.29. The summed E-state index contributed by atoms with van der Waals surface area (Å²) in [5, 5.41) is 0. The third kappa shape index (κ3) is 6.98. The number of rotatable bonds is 10. The first-order valence-corrected chi connectivity index (χ1v) is 7.29. The van der Waals surface area contributed by atoms with Crippen molar-refractivity contribution in [3.05, 3.63) is 0 Å². The van der Waals surface area contributed by atoms with Gasteiger partial charge < -0.3 is 0 Å². The minimum atomic E-state index is 1.01. The zero-order valence-electron chi connectivity index (χ0n) is 11.5. The van der Waals surface area contributed by atoms with Gasteiger partial charge in [-0.3, -0.25) is 0 Å². The average molecular weight is 212 g/mol. The van der Waals surface area contributed by atoms with Crippen molar-refractivity contribution < 1.29 is 0 Å². The number of unbranched alkanes of at least 4 members (excludes halogenated alkanes) is 2. The zero-order chi connectivity index (χ0) is 11.5. The molecule has 2 atom stereocenters. The molecule has 0 aliphatic heterocycles. The Bertz CT molecular complexity index is 117. The smallest absolute Gasteiger partial charge is 0.0386 e. The summed E-state index contributed by atoms with van der Waals surface area (Å²) in [6.07, 6.45) is 12.8. The molecule has 0 aromatic rings. The minimum Gasteiger partial charge on any atom is -0.0654 e. The molecule has 0 radical (unpaired) electrons. The second kappa shape index (κ2) is 10.5. The highest BCUT2D eigenvalue weighted by Gasteiger charge is 2.17. The first-order valence-electron chi connectivity index (χ1n) is 7.29. The summed E-state index contributed by atoms with van der Waals surface area (Å²) in [6, 6.07) is 0. The van der Waals surface area contributed by atoms with Crippen molar-refractivity contribution in [2.75, 3.05) is 0 Å². The lowest BCUT2D eigenvalue weighted by atomic mass is 9.80. The fourth-order valence-corrected chi connectivity index (χ4v) is 2.79. The van der Waals surface area contributed by atoms with E-state index in [2.05, 4.69) is 27.7 Å². The predicted octanol–water partition coefficient (Wildman–Crippen LogP) is 5.81. The Morgan fingerprint density at radius 2 is 1.20 bits per heavy atom. The molecule has 0 aliphatic carbocycles. The third-order valence-electron chi connectivity index (χ3n) is 3.69. The summed E-state index contributed by atoms with van der Waals surface area (Å²) in [5.74, 6) is 2.03. The van der Waals surface area contributed by atoms with Crippen LogP contribution in [0.5, 0.6) is 0 Å². The summed E-state index contributed by atoms with van der Waals surface area (Å²) < 4.78 is 0. The Morgan fingerprint density at radius 3 is 1.67 bits per heavy atom. The predicted molar refractivity (Wildman–Crippen MR) is 71.2 cm³/mol. The molecule has 0 amide bonds. The van der Waals surface area contributed by atoms with E-state index in [-0.39, 0.29) is 0 Å². The first kappa shape index (κ1) is 15.0. The summed E-state index contributed by atoms with van der Waals surface area (Å²) in [6.45, 7) is 9.35. The van der Waals surface area contributed by atoms with Gasteiger partial charge in [-0.15, -0.1) is 0 Å². The van der Waals surface area contributed by atoms with E-state index in [9.17, 15) is 0 Å². The maximum atomic E-state index is 2.38. The number of hydrogen-bond acceptors (Lipinski definition) is 0. The fourth-order valence-electron chi connectivity index (χ4n) is 2.79. The van der Waals surface area contributed by atoms with E-state index in [0.717, 1.165) is 11.8 Å². The topological polar surface area (TPSA) is 0 Å². The molecule has 0 spiro atoms. The largest absolute Gasteiger partial charge is 0.0654 e. The van der Waals surface area contributed by atoms with Gasteiger partial charge in [0.05, 0.1) is 0 Å². The lowest BCUT2D eigenvalue weighted by molar-refractivity contribution is 0.259. The van der Waals surface area contributed by atoms with Gasteiger partial charge in [0.2, 0.25) is 0 Å². The van der Waals surface area contributed by atoms with Crippen LogP contribution in [0.3, 0.4) is 0 Å². The van der Waals surface area contributed by atoms with Crippen LogP contribution in [0.4, 0.5) is 0 Å². The van der Waals surface area contributed by atoms with Gasteiger partial charge in [0, 0.05) is 0 Å². The SMILES string of the molecule is CCCCCC(CCC)C(CC)CCC. The van der Waals surface area contributed by atoms with Crippen LogP contribution >= 0.6 is 0 Å². The van der Waals surface area contributed by atoms with Crippen molar-refractivity contribution in [1.82, 2.24) is 0 Å². The zero-order valence-corrected chi connectivity index (χ0v) is 11.5. The highest BCUT2D eigenvalue weighted by molar-refractivity contribution is 4.69. The van der Waals surface area contributed by atoms with Crippen molar-refractivity contribution in [2.45, 2.75) is 85.5 Å². The molecule has 0 aliphatic rings. The van der Waals surface area contributed by atoms with Crippen LogP contribution in [0.15, 0.2) is 0 Å². The van der Waals surface area contributed by atoms with Crippen LogP contribution in [0, 0.1) is 11.8 Å². The number of hydrogen-bond donors (Lipinski definition) is 0. The Hall–Kier alpha value is 0. The average Bonchev–Trinajstić information content (AvgIpc) is 2.25. The van der Waals surface area contributed by atoms with Crippen LogP contribution in [-0.2, 0) is 0 Å². The van der Waals surface area contributed by atoms with Crippen molar-refractivity contribution in [3.63, 3.8) is 0 Å². The quantitative estimate of drug-likeness (QED) is 0.401. The minimum absolute atomic E-state index is 1.01. The van der Waals surface area contributed by atoms with Crippen LogP contribution < -0.4 is 0 Å². The van der Waals surface area contributed by atoms with Crippen molar-refractivity contribution in [1.29, 1.82) is 0 Å². The summed E-state index contributed by atoms with van der Waals surface area (Å²) in [7, 11) is 0. The molecule has 0 N–H and O–H groups in total. The maximum Gasteiger partial charge on any atom is -0.0386 e. The van der Waals surface area contributed by atoms with Gasteiger partial charge in [-0.2, -0.15) is 0 Å². The van der Waals surface area contributed by atoms with E-state index < -0.39 is 0 Å². The van der Waals surface area contributed by atoms with Crippen molar-refractivity contribution in [3.8, 4) is 0 Å². The molecular weight excluding hydrogens is 180 g/mol. The van der Waals surface area contributed by atoms with E-state index >= 15 is 0 Å². The maximum absolute atomic E-state index is 2.38. The van der Waals surface area contributed by atoms with Crippen LogP contribution in [-0.4, -0.2) is 0 Å². The van der Waals surface area contributed by atoms with Gasteiger partial charge in [0.1, 0.15) is 0 Å². The molecule has 0 aromatic heterocycles. The standard InChI is InChI=1S/C15H32/c1-5-9-10-13-15(12-7-3)14(8-4)11-6-2/h14-15H,5-13H2,1-4H3. The Morgan fingerprint density at radius 1 is 0.600 bits per heavy atom. The van der Waals surface area contributed by atoms with Crippen molar-refractivity contribution in [2.24, 2.45) is 11.8 Å². The molecule has 0 heteroatoms. The lowest BCUT2D eigenvalue weighted by Gasteiger charge is -2.25. The van der Waals surface area contributed by atoms with Crippen LogP contribution in [0.2, 0.25) is 0 Å². The normalized spacial score (nSPS) is 15.2. The molecule has 0 bridgehead atoms. The molecule has 2 unspecified atom stereocenters. The van der Waals surface area contributed by atoms with Gasteiger partial charge in [-0.1, -0.05) is 85.5 Å². The van der Waals surface area contributed by atoms with Gasteiger partial charge in [0.25, 0.3) is 0 Å². The Kier molecular flexibility index (Phi) is 10.5. The highest BCUT2D eigenvalue weighted by atomic mass is 14.2. The van der Waals surface area contributed by atoms with E-state index in [1.807, 2.05) is 0 Å². The van der Waals surface area contributed by atoms with Crippen molar-refractivity contribution >= 4 is 0 Å². The Balaban J connectivity index is 3.95. The molecule has 0 nitrogen and oxygen atoms in total. The Labute approximate surface area is 97.8 Å². The van der Waals surface area contributed by atoms with E-state index in [1.165, 1.54) is 57.8 Å². The molecule has 0 saturated heterocycles. The van der Waals surface area contributed by atoms with Crippen LogP contribution in [0.25, 0.3) is 0 Å². The molecule has 0 aromatic carbocycles. The molecule has 0 fully saturated rings. The van der Waals surface area contributed by atoms with E-state index in [1.54, 1.807) is 0 Å². The fraction of sp³-hybridized carbons (Fsp3) is 1.00. The van der Waals surface area contributed by atoms with Gasteiger partial charge in [-0.05, 0) is 11.8 Å². The van der Waals surface area contributed by atoms with E-state index in [4.69, 9.17) is 0 Å². The van der Waals surface area contributed by atoms with Gasteiger partial charge >= 0.3 is 0 Å². The first-order chi connectivity index (χ1) is 7.29. The summed E-state index contributed by atoms with van der Waals surface area (Å²) in [4.78, 5) is 0. The van der Waals surface area contributed by atoms with E-state index in [0.29, 0.717) is 0 Å². The molecule has 0 saturated carbocycles. The monoisotopic (exact) mass is 212 g/mol. The molecule has 15 heavy (non-hydrogen) atoms. The second-order valence-electron chi connectivity index (χ2n) is 5.00. The summed E-state index contributed by atoms with van der Waals surface area (Å²) >= 11 is 0.